The molecule has 17 heavy (non-hydrogen) atoms. The number of ether oxygens (including phenoxy) is 1. The number of nitrogens with zero attached hydrogens (tertiary/aromatic N) is 2. The van der Waals surface area contributed by atoms with Crippen molar-refractivity contribution in [3.8, 4) is 5.88 Å². The molecular weight excluding hydrogens is 216 g/mol. The number of rotatable bonds is 3. The third-order valence-corrected chi connectivity index (χ3v) is 3.85. The van der Waals surface area contributed by atoms with E-state index in [1.54, 1.807) is 0 Å². The predicted octanol–water partition coefficient (Wildman–Crippen LogP) is 2.55. The molecule has 2 heterocycles. The Kier molecular flexibility index (Phi) is 3.05. The summed E-state index contributed by atoms with van der Waals surface area (Å²) in [5.74, 6) is 1.79. The Balaban J connectivity index is 1.90. The van der Waals surface area contributed by atoms with Crippen molar-refractivity contribution >= 4 is 0 Å². The minimum absolute atomic E-state index is 0.481. The molecule has 4 nitrogen and oxygen atoms in total. The van der Waals surface area contributed by atoms with Gasteiger partial charge in [-0.05, 0) is 50.9 Å². The Morgan fingerprint density at radius 1 is 1.35 bits per heavy atom. The lowest BCUT2D eigenvalue weighted by Gasteiger charge is -2.30. The van der Waals surface area contributed by atoms with Gasteiger partial charge >= 0.3 is 0 Å². The summed E-state index contributed by atoms with van der Waals surface area (Å²) in [7, 11) is 0. The number of likely N-dealkylation sites (tertiary alicyclic amines) is 1. The van der Waals surface area contributed by atoms with E-state index in [-0.39, 0.29) is 0 Å². The highest BCUT2D eigenvalue weighted by molar-refractivity contribution is 5.34. The normalized spacial score (nSPS) is 24.9. The van der Waals surface area contributed by atoms with Crippen LogP contribution in [0.15, 0.2) is 4.52 Å². The summed E-state index contributed by atoms with van der Waals surface area (Å²) in [6.45, 7) is 5.07. The minimum Gasteiger partial charge on any atom is -0.476 e. The van der Waals surface area contributed by atoms with Gasteiger partial charge in [0, 0.05) is 12.5 Å². The van der Waals surface area contributed by atoms with Crippen molar-refractivity contribution in [1.29, 1.82) is 0 Å². The van der Waals surface area contributed by atoms with E-state index in [0.29, 0.717) is 12.6 Å². The van der Waals surface area contributed by atoms with Crippen molar-refractivity contribution in [2.75, 3.05) is 19.7 Å². The average molecular weight is 236 g/mol. The number of hydrogen-bond acceptors (Lipinski definition) is 4. The molecule has 0 spiro atoms. The zero-order valence-corrected chi connectivity index (χ0v) is 10.4. The van der Waals surface area contributed by atoms with Gasteiger partial charge in [0.1, 0.15) is 5.76 Å². The van der Waals surface area contributed by atoms with E-state index in [1.807, 2.05) is 6.92 Å². The van der Waals surface area contributed by atoms with Crippen LogP contribution in [0.3, 0.4) is 0 Å². The molecule has 1 fully saturated rings. The molecule has 3 rings (SSSR count). The molecule has 0 N–H and O–H groups in total. The first-order valence-electron chi connectivity index (χ1n) is 6.75. The molecule has 0 saturated carbocycles. The van der Waals surface area contributed by atoms with Gasteiger partial charge in [0.15, 0.2) is 0 Å². The fourth-order valence-electron chi connectivity index (χ4n) is 3.08. The Morgan fingerprint density at radius 3 is 2.94 bits per heavy atom. The van der Waals surface area contributed by atoms with E-state index in [0.717, 1.165) is 18.1 Å². The molecule has 1 saturated heterocycles. The summed E-state index contributed by atoms with van der Waals surface area (Å²) < 4.78 is 11.0. The van der Waals surface area contributed by atoms with Crippen LogP contribution in [0.25, 0.3) is 0 Å². The highest BCUT2D eigenvalue weighted by Crippen LogP contribution is 2.41. The summed E-state index contributed by atoms with van der Waals surface area (Å²) in [4.78, 5) is 2.57. The fraction of sp³-hybridized carbons (Fsp3) is 0.769. The standard InChI is InChI=1S/C13H20N2O2/c1-2-16-13-12-10(15-8-3-4-9-15)6-5-7-11(12)17-14-13/h10H,2-9H2,1H3. The van der Waals surface area contributed by atoms with E-state index in [1.165, 1.54) is 44.3 Å². The molecular formula is C13H20N2O2. The van der Waals surface area contributed by atoms with Crippen LogP contribution < -0.4 is 4.74 Å². The molecule has 0 radical (unpaired) electrons. The summed E-state index contributed by atoms with van der Waals surface area (Å²) >= 11 is 0. The summed E-state index contributed by atoms with van der Waals surface area (Å²) in [5.41, 5.74) is 1.24. The molecule has 94 valence electrons. The highest BCUT2D eigenvalue weighted by atomic mass is 16.5. The van der Waals surface area contributed by atoms with Gasteiger partial charge in [0.25, 0.3) is 5.88 Å². The second-order valence-electron chi connectivity index (χ2n) is 4.91. The van der Waals surface area contributed by atoms with Gasteiger partial charge in [-0.25, -0.2) is 0 Å². The summed E-state index contributed by atoms with van der Waals surface area (Å²) in [6, 6.07) is 0.481. The maximum absolute atomic E-state index is 5.60. The quantitative estimate of drug-likeness (QED) is 0.808. The van der Waals surface area contributed by atoms with Crippen molar-refractivity contribution in [3.63, 3.8) is 0 Å². The third kappa shape index (κ3) is 1.95. The second-order valence-corrected chi connectivity index (χ2v) is 4.91. The first-order valence-corrected chi connectivity index (χ1v) is 6.75. The van der Waals surface area contributed by atoms with Gasteiger partial charge in [-0.2, -0.15) is 0 Å². The number of aromatic nitrogens is 1. The molecule has 2 aliphatic rings. The van der Waals surface area contributed by atoms with Gasteiger partial charge in [0.2, 0.25) is 0 Å². The van der Waals surface area contributed by atoms with Crippen molar-refractivity contribution in [1.82, 2.24) is 10.1 Å². The first-order chi connectivity index (χ1) is 8.40. The molecule has 1 aliphatic heterocycles. The van der Waals surface area contributed by atoms with Gasteiger partial charge in [0.05, 0.1) is 12.2 Å². The lowest BCUT2D eigenvalue weighted by molar-refractivity contribution is 0.210. The first kappa shape index (κ1) is 11.1. The van der Waals surface area contributed by atoms with Crippen LogP contribution >= 0.6 is 0 Å². The molecule has 0 bridgehead atoms. The van der Waals surface area contributed by atoms with Crippen LogP contribution in [0.4, 0.5) is 0 Å². The third-order valence-electron chi connectivity index (χ3n) is 3.85. The molecule has 1 aromatic rings. The lowest BCUT2D eigenvalue weighted by atomic mass is 9.92. The van der Waals surface area contributed by atoms with Crippen molar-refractivity contribution < 1.29 is 9.26 Å². The van der Waals surface area contributed by atoms with Crippen LogP contribution in [-0.2, 0) is 6.42 Å². The Labute approximate surface area is 102 Å². The van der Waals surface area contributed by atoms with Crippen LogP contribution in [-0.4, -0.2) is 29.8 Å². The SMILES string of the molecule is CCOc1noc2c1C(N1CCCC1)CCC2. The van der Waals surface area contributed by atoms with E-state index < -0.39 is 0 Å². The van der Waals surface area contributed by atoms with Crippen LogP contribution in [0.5, 0.6) is 5.88 Å². The van der Waals surface area contributed by atoms with Crippen LogP contribution in [0, 0.1) is 0 Å². The molecule has 1 aliphatic carbocycles. The second kappa shape index (κ2) is 4.69. The van der Waals surface area contributed by atoms with Gasteiger partial charge < -0.3 is 9.26 Å². The molecule has 1 unspecified atom stereocenters. The van der Waals surface area contributed by atoms with E-state index in [2.05, 4.69) is 10.1 Å². The molecule has 4 heteroatoms. The fourth-order valence-corrected chi connectivity index (χ4v) is 3.08. The number of fused-ring (bicyclic) bond motifs is 1. The van der Waals surface area contributed by atoms with Gasteiger partial charge in [-0.3, -0.25) is 4.90 Å². The van der Waals surface area contributed by atoms with Crippen LogP contribution in [0.2, 0.25) is 0 Å². The van der Waals surface area contributed by atoms with E-state index in [9.17, 15) is 0 Å². The van der Waals surface area contributed by atoms with Crippen molar-refractivity contribution in [3.05, 3.63) is 11.3 Å². The zero-order valence-electron chi connectivity index (χ0n) is 10.4. The Morgan fingerprint density at radius 2 is 2.18 bits per heavy atom. The van der Waals surface area contributed by atoms with E-state index >= 15 is 0 Å². The highest BCUT2D eigenvalue weighted by Gasteiger charge is 2.34. The smallest absolute Gasteiger partial charge is 0.259 e. The number of hydrogen-bond donors (Lipinski definition) is 0. The lowest BCUT2D eigenvalue weighted by Crippen LogP contribution is -2.28. The molecule has 1 aromatic heterocycles. The van der Waals surface area contributed by atoms with E-state index in [4.69, 9.17) is 9.26 Å². The summed E-state index contributed by atoms with van der Waals surface area (Å²) in [5, 5.41) is 4.09. The maximum Gasteiger partial charge on any atom is 0.259 e. The summed E-state index contributed by atoms with van der Waals surface area (Å²) in [6.07, 6.45) is 6.07. The maximum atomic E-state index is 5.60. The zero-order chi connectivity index (χ0) is 11.7. The Bertz CT molecular complexity index is 383. The predicted molar refractivity (Wildman–Crippen MR) is 64.2 cm³/mol. The van der Waals surface area contributed by atoms with Gasteiger partial charge in [-0.1, -0.05) is 0 Å². The number of aryl methyl sites for hydroxylation is 1. The average Bonchev–Trinajstić information content (AvgIpc) is 2.98. The van der Waals surface area contributed by atoms with Crippen molar-refractivity contribution in [2.45, 2.75) is 45.1 Å². The minimum atomic E-state index is 0.481. The molecule has 0 aromatic carbocycles. The topological polar surface area (TPSA) is 38.5 Å². The molecule has 0 amide bonds. The van der Waals surface area contributed by atoms with Gasteiger partial charge in [-0.15, -0.1) is 0 Å². The Hall–Kier alpha value is -1.03. The monoisotopic (exact) mass is 236 g/mol. The van der Waals surface area contributed by atoms with Crippen molar-refractivity contribution in [2.24, 2.45) is 0 Å². The van der Waals surface area contributed by atoms with Crippen LogP contribution in [0.1, 0.15) is 50.0 Å². The largest absolute Gasteiger partial charge is 0.476 e. The molecule has 1 atom stereocenters.